The lowest BCUT2D eigenvalue weighted by atomic mass is 10.4. The third-order valence-corrected chi connectivity index (χ3v) is 5.42. The van der Waals surface area contributed by atoms with Gasteiger partial charge >= 0.3 is 0 Å². The van der Waals surface area contributed by atoms with Crippen LogP contribution in [-0.2, 0) is 15.8 Å². The molecule has 8 nitrogen and oxygen atoms in total. The summed E-state index contributed by atoms with van der Waals surface area (Å²) < 4.78 is 31.0. The number of nitrogens with zero attached hydrogens (tertiary/aromatic N) is 4. The number of rotatable bonds is 6. The summed E-state index contributed by atoms with van der Waals surface area (Å²) in [6, 6.07) is 1.56. The lowest BCUT2D eigenvalue weighted by molar-refractivity contribution is 0.260. The minimum absolute atomic E-state index is 0. The van der Waals surface area contributed by atoms with Gasteiger partial charge in [0, 0.05) is 45.2 Å². The van der Waals surface area contributed by atoms with Crippen LogP contribution < -0.4 is 5.32 Å². The Morgan fingerprint density at radius 1 is 1.44 bits per heavy atom. The van der Waals surface area contributed by atoms with Crippen molar-refractivity contribution in [2.75, 3.05) is 39.3 Å². The third kappa shape index (κ3) is 6.48. The monoisotopic (exact) mass is 481 g/mol. The fourth-order valence-electron chi connectivity index (χ4n) is 2.42. The summed E-state index contributed by atoms with van der Waals surface area (Å²) in [5.41, 5.74) is 0.418. The van der Waals surface area contributed by atoms with E-state index in [1.165, 1.54) is 10.6 Å². The van der Waals surface area contributed by atoms with E-state index in [4.69, 9.17) is 10.9 Å². The van der Waals surface area contributed by atoms with Gasteiger partial charge in [-0.25, -0.2) is 8.42 Å². The molecule has 0 aliphatic carbocycles. The van der Waals surface area contributed by atoms with Crippen LogP contribution in [0.1, 0.15) is 19.0 Å². The Hall–Kier alpha value is -1.32. The van der Waals surface area contributed by atoms with Gasteiger partial charge in [-0.1, -0.05) is 5.16 Å². The molecule has 0 bridgehead atoms. The summed E-state index contributed by atoms with van der Waals surface area (Å²) in [6.07, 6.45) is 7.21. The zero-order valence-corrected chi connectivity index (χ0v) is 17.4. The third-order valence-electron chi connectivity index (χ3n) is 3.61. The molecule has 0 saturated carbocycles. The molecule has 1 aromatic rings. The number of piperazine rings is 1. The topological polar surface area (TPSA) is 91.0 Å². The second-order valence-electron chi connectivity index (χ2n) is 5.32. The fourth-order valence-corrected chi connectivity index (χ4v) is 3.85. The second-order valence-corrected chi connectivity index (χ2v) is 7.29. The second kappa shape index (κ2) is 10.6. The van der Waals surface area contributed by atoms with Crippen LogP contribution in [0.25, 0.3) is 0 Å². The number of halogens is 1. The van der Waals surface area contributed by atoms with Gasteiger partial charge in [0.1, 0.15) is 12.0 Å². The molecule has 1 N–H and O–H groups in total. The van der Waals surface area contributed by atoms with Crippen molar-refractivity contribution in [3.05, 3.63) is 18.0 Å². The van der Waals surface area contributed by atoms with Gasteiger partial charge in [0.2, 0.25) is 10.0 Å². The Bertz CT molecular complexity index is 677. The van der Waals surface area contributed by atoms with Crippen molar-refractivity contribution in [3.63, 3.8) is 0 Å². The maximum Gasteiger partial charge on any atom is 0.220 e. The highest BCUT2D eigenvalue weighted by atomic mass is 127. The Morgan fingerprint density at radius 3 is 2.72 bits per heavy atom. The summed E-state index contributed by atoms with van der Waals surface area (Å²) in [6.45, 7) is 5.30. The van der Waals surface area contributed by atoms with Crippen molar-refractivity contribution in [3.8, 4) is 12.3 Å². The van der Waals surface area contributed by atoms with Crippen molar-refractivity contribution < 1.29 is 12.9 Å². The highest BCUT2D eigenvalue weighted by Gasteiger charge is 2.28. The van der Waals surface area contributed by atoms with Crippen molar-refractivity contribution in [1.82, 2.24) is 19.7 Å². The van der Waals surface area contributed by atoms with Gasteiger partial charge in [0.25, 0.3) is 0 Å². The molecule has 140 valence electrons. The summed E-state index contributed by atoms with van der Waals surface area (Å²) in [4.78, 5) is 6.53. The minimum Gasteiger partial charge on any atom is -0.364 e. The Kier molecular flexibility index (Phi) is 9.23. The summed E-state index contributed by atoms with van der Waals surface area (Å²) in [5.74, 6) is 3.20. The first-order chi connectivity index (χ1) is 11.6. The molecular weight excluding hydrogens is 457 g/mol. The first kappa shape index (κ1) is 21.7. The van der Waals surface area contributed by atoms with E-state index in [-0.39, 0.29) is 29.7 Å². The van der Waals surface area contributed by atoms with Gasteiger partial charge in [0.05, 0.1) is 12.2 Å². The van der Waals surface area contributed by atoms with Crippen LogP contribution >= 0.6 is 24.0 Å². The van der Waals surface area contributed by atoms with Crippen molar-refractivity contribution >= 4 is 40.0 Å². The molecule has 1 aliphatic rings. The minimum atomic E-state index is -3.39. The zero-order chi connectivity index (χ0) is 17.4. The number of aromatic nitrogens is 1. The van der Waals surface area contributed by atoms with Gasteiger partial charge in [-0.2, -0.15) is 4.31 Å². The molecule has 0 radical (unpaired) electrons. The maximum absolute atomic E-state index is 12.4. The molecular formula is C15H24IN5O3S. The lowest BCUT2D eigenvalue weighted by Gasteiger charge is -2.35. The normalized spacial score (nSPS) is 16.2. The number of aliphatic imine (C=N–C) groups is 1. The van der Waals surface area contributed by atoms with E-state index in [0.29, 0.717) is 44.8 Å². The van der Waals surface area contributed by atoms with Crippen LogP contribution in [0.3, 0.4) is 0 Å². The molecule has 1 fully saturated rings. The smallest absolute Gasteiger partial charge is 0.220 e. The lowest BCUT2D eigenvalue weighted by Crippen LogP contribution is -2.53. The predicted octanol–water partition coefficient (Wildman–Crippen LogP) is 0.729. The number of guanidine groups is 1. The average Bonchev–Trinajstić information content (AvgIpc) is 3.06. The predicted molar refractivity (Wildman–Crippen MR) is 107 cm³/mol. The van der Waals surface area contributed by atoms with Crippen molar-refractivity contribution in [1.29, 1.82) is 0 Å². The van der Waals surface area contributed by atoms with Crippen LogP contribution in [0.2, 0.25) is 0 Å². The van der Waals surface area contributed by atoms with Crippen LogP contribution in [0.4, 0.5) is 0 Å². The molecule has 0 aromatic carbocycles. The zero-order valence-electron chi connectivity index (χ0n) is 14.2. The summed E-state index contributed by atoms with van der Waals surface area (Å²) in [7, 11) is -3.39. The Labute approximate surface area is 166 Å². The molecule has 25 heavy (non-hydrogen) atoms. The quantitative estimate of drug-likeness (QED) is 0.212. The van der Waals surface area contributed by atoms with E-state index in [0.717, 1.165) is 12.5 Å². The van der Waals surface area contributed by atoms with Gasteiger partial charge in [0.15, 0.2) is 5.96 Å². The van der Waals surface area contributed by atoms with E-state index in [9.17, 15) is 8.42 Å². The molecule has 1 aliphatic heterocycles. The standard InChI is InChI=1S/C15H23N5O3S.HI/c1-3-5-7-17-15(16-4-2)19-8-10-20(11-9-19)24(21,22)13-14-6-12-23-18-14;/h1,6,12H,4-5,7-11,13H2,2H3,(H,16,17);1H. The molecule has 10 heteroatoms. The van der Waals surface area contributed by atoms with E-state index < -0.39 is 10.0 Å². The van der Waals surface area contributed by atoms with Gasteiger partial charge < -0.3 is 14.7 Å². The number of nitrogens with one attached hydrogen (secondary N) is 1. The van der Waals surface area contributed by atoms with Crippen molar-refractivity contribution in [2.45, 2.75) is 19.1 Å². The van der Waals surface area contributed by atoms with E-state index >= 15 is 0 Å². The molecule has 2 heterocycles. The number of sulfonamides is 1. The molecule has 2 rings (SSSR count). The first-order valence-corrected chi connectivity index (χ1v) is 9.51. The summed E-state index contributed by atoms with van der Waals surface area (Å²) in [5, 5.41) is 6.89. The largest absolute Gasteiger partial charge is 0.364 e. The molecule has 0 atom stereocenters. The molecule has 1 aromatic heterocycles. The van der Waals surface area contributed by atoms with Crippen LogP contribution in [0.5, 0.6) is 0 Å². The van der Waals surface area contributed by atoms with E-state index in [1.54, 1.807) is 6.07 Å². The molecule has 0 unspecified atom stereocenters. The van der Waals surface area contributed by atoms with Crippen LogP contribution in [0.15, 0.2) is 21.8 Å². The SMILES string of the molecule is C#CCCN=C(NCC)N1CCN(S(=O)(=O)Cc2ccon2)CC1.I. The molecule has 0 spiro atoms. The molecule has 0 amide bonds. The number of hydrogen-bond donors (Lipinski definition) is 1. The highest BCUT2D eigenvalue weighted by Crippen LogP contribution is 2.12. The highest BCUT2D eigenvalue weighted by molar-refractivity contribution is 14.0. The van der Waals surface area contributed by atoms with E-state index in [1.807, 2.05) is 6.92 Å². The van der Waals surface area contributed by atoms with Crippen LogP contribution in [0, 0.1) is 12.3 Å². The first-order valence-electron chi connectivity index (χ1n) is 7.90. The van der Waals surface area contributed by atoms with Gasteiger partial charge in [-0.05, 0) is 6.92 Å². The van der Waals surface area contributed by atoms with Gasteiger partial charge in [-0.15, -0.1) is 36.3 Å². The van der Waals surface area contributed by atoms with E-state index in [2.05, 4.69) is 26.3 Å². The van der Waals surface area contributed by atoms with Crippen molar-refractivity contribution in [2.24, 2.45) is 4.99 Å². The Morgan fingerprint density at radius 2 is 2.16 bits per heavy atom. The fraction of sp³-hybridized carbons (Fsp3) is 0.600. The Balaban J connectivity index is 0.00000312. The van der Waals surface area contributed by atoms with Crippen LogP contribution in [-0.4, -0.2) is 68.0 Å². The molecule has 1 saturated heterocycles. The number of terminal acetylenes is 1. The average molecular weight is 481 g/mol. The van der Waals surface area contributed by atoms with Gasteiger partial charge in [-0.3, -0.25) is 4.99 Å². The summed E-state index contributed by atoms with van der Waals surface area (Å²) >= 11 is 0. The number of hydrogen-bond acceptors (Lipinski definition) is 5. The maximum atomic E-state index is 12.4.